The van der Waals surface area contributed by atoms with Crippen LogP contribution in [-0.4, -0.2) is 25.1 Å². The fraction of sp³-hybridized carbons (Fsp3) is 0.222. The highest BCUT2D eigenvalue weighted by Crippen LogP contribution is 2.13. The Hall–Kier alpha value is -2.82. The highest BCUT2D eigenvalue weighted by Gasteiger charge is 2.07. The number of carbonyl (C=O) groups is 2. The average Bonchev–Trinajstić information content (AvgIpc) is 2.59. The van der Waals surface area contributed by atoms with Crippen LogP contribution in [0, 0.1) is 0 Å². The molecule has 0 aromatic heterocycles. The maximum Gasteiger partial charge on any atom is 0.338 e. The molecule has 2 aromatic carbocycles. The second kappa shape index (κ2) is 8.58. The van der Waals surface area contributed by atoms with Crippen molar-refractivity contribution in [3.05, 3.63) is 60.2 Å². The lowest BCUT2D eigenvalue weighted by molar-refractivity contribution is -0.118. The molecule has 5 heteroatoms. The van der Waals surface area contributed by atoms with Crippen molar-refractivity contribution in [3.63, 3.8) is 0 Å². The SMILES string of the molecule is CCCOC(=O)c1ccc(OCC(=O)Nc2ccccc2)cc1. The van der Waals surface area contributed by atoms with Crippen LogP contribution in [0.5, 0.6) is 5.75 Å². The maximum atomic E-state index is 11.8. The Bertz CT molecular complexity index is 638. The van der Waals surface area contributed by atoms with Gasteiger partial charge in [-0.25, -0.2) is 4.79 Å². The van der Waals surface area contributed by atoms with Crippen molar-refractivity contribution in [1.29, 1.82) is 0 Å². The summed E-state index contributed by atoms with van der Waals surface area (Å²) in [6.45, 7) is 2.23. The van der Waals surface area contributed by atoms with Crippen molar-refractivity contribution in [2.24, 2.45) is 0 Å². The zero-order valence-electron chi connectivity index (χ0n) is 13.0. The summed E-state index contributed by atoms with van der Waals surface area (Å²) >= 11 is 0. The van der Waals surface area contributed by atoms with Crippen LogP contribution in [-0.2, 0) is 9.53 Å². The van der Waals surface area contributed by atoms with Crippen molar-refractivity contribution in [2.75, 3.05) is 18.5 Å². The Morgan fingerprint density at radius 1 is 1.00 bits per heavy atom. The van der Waals surface area contributed by atoms with E-state index in [-0.39, 0.29) is 18.5 Å². The van der Waals surface area contributed by atoms with E-state index < -0.39 is 0 Å². The molecule has 0 radical (unpaired) electrons. The third-order valence-corrected chi connectivity index (χ3v) is 2.95. The summed E-state index contributed by atoms with van der Waals surface area (Å²) in [4.78, 5) is 23.4. The van der Waals surface area contributed by atoms with Crippen LogP contribution < -0.4 is 10.1 Å². The number of carbonyl (C=O) groups excluding carboxylic acids is 2. The first-order valence-corrected chi connectivity index (χ1v) is 7.44. The van der Waals surface area contributed by atoms with Gasteiger partial charge in [0.1, 0.15) is 5.75 Å². The molecule has 1 amide bonds. The van der Waals surface area contributed by atoms with E-state index >= 15 is 0 Å². The van der Waals surface area contributed by atoms with Gasteiger partial charge < -0.3 is 14.8 Å². The average molecular weight is 313 g/mol. The molecule has 0 heterocycles. The summed E-state index contributed by atoms with van der Waals surface area (Å²) in [6, 6.07) is 15.7. The van der Waals surface area contributed by atoms with Crippen molar-refractivity contribution in [2.45, 2.75) is 13.3 Å². The van der Waals surface area contributed by atoms with Gasteiger partial charge in [-0.3, -0.25) is 4.79 Å². The number of rotatable bonds is 7. The van der Waals surface area contributed by atoms with Crippen molar-refractivity contribution in [1.82, 2.24) is 0 Å². The van der Waals surface area contributed by atoms with Gasteiger partial charge in [0.15, 0.2) is 6.61 Å². The predicted octanol–water partition coefficient (Wildman–Crippen LogP) is 3.27. The molecular weight excluding hydrogens is 294 g/mol. The topological polar surface area (TPSA) is 64.6 Å². The predicted molar refractivity (Wildman–Crippen MR) is 87.6 cm³/mol. The van der Waals surface area contributed by atoms with Gasteiger partial charge in [-0.2, -0.15) is 0 Å². The van der Waals surface area contributed by atoms with Crippen molar-refractivity contribution >= 4 is 17.6 Å². The number of benzene rings is 2. The van der Waals surface area contributed by atoms with E-state index in [4.69, 9.17) is 9.47 Å². The second-order valence-corrected chi connectivity index (χ2v) is 4.86. The van der Waals surface area contributed by atoms with Gasteiger partial charge in [0.05, 0.1) is 12.2 Å². The smallest absolute Gasteiger partial charge is 0.338 e. The lowest BCUT2D eigenvalue weighted by Crippen LogP contribution is -2.20. The highest BCUT2D eigenvalue weighted by atomic mass is 16.5. The minimum absolute atomic E-state index is 0.103. The molecule has 0 fully saturated rings. The van der Waals surface area contributed by atoms with Crippen LogP contribution in [0.2, 0.25) is 0 Å². The molecule has 0 atom stereocenters. The van der Waals surface area contributed by atoms with Crippen LogP contribution in [0.15, 0.2) is 54.6 Å². The van der Waals surface area contributed by atoms with E-state index in [0.717, 1.165) is 12.1 Å². The Labute approximate surface area is 135 Å². The van der Waals surface area contributed by atoms with Gasteiger partial charge in [-0.1, -0.05) is 25.1 Å². The quantitative estimate of drug-likeness (QED) is 0.797. The lowest BCUT2D eigenvalue weighted by atomic mass is 10.2. The molecule has 2 aromatic rings. The number of hydrogen-bond donors (Lipinski definition) is 1. The summed E-state index contributed by atoms with van der Waals surface area (Å²) in [5.74, 6) is -0.0943. The largest absolute Gasteiger partial charge is 0.484 e. The van der Waals surface area contributed by atoms with Crippen LogP contribution in [0.25, 0.3) is 0 Å². The second-order valence-electron chi connectivity index (χ2n) is 4.86. The van der Waals surface area contributed by atoms with Gasteiger partial charge >= 0.3 is 5.97 Å². The van der Waals surface area contributed by atoms with E-state index in [0.29, 0.717) is 17.9 Å². The molecule has 2 rings (SSSR count). The molecule has 0 aliphatic carbocycles. The Balaban J connectivity index is 1.81. The van der Waals surface area contributed by atoms with E-state index in [2.05, 4.69) is 5.32 Å². The molecule has 23 heavy (non-hydrogen) atoms. The number of esters is 1. The van der Waals surface area contributed by atoms with Crippen LogP contribution in [0.4, 0.5) is 5.69 Å². The van der Waals surface area contributed by atoms with E-state index in [1.165, 1.54) is 0 Å². The van der Waals surface area contributed by atoms with Gasteiger partial charge in [-0.15, -0.1) is 0 Å². The standard InChI is InChI=1S/C18H19NO4/c1-2-12-22-18(21)14-8-10-16(11-9-14)23-13-17(20)19-15-6-4-3-5-7-15/h3-11H,2,12-13H2,1H3,(H,19,20). The van der Waals surface area contributed by atoms with Crippen molar-refractivity contribution in [3.8, 4) is 5.75 Å². The monoisotopic (exact) mass is 313 g/mol. The molecular formula is C18H19NO4. The molecule has 0 saturated heterocycles. The van der Waals surface area contributed by atoms with E-state index in [1.54, 1.807) is 36.4 Å². The summed E-state index contributed by atoms with van der Waals surface area (Å²) in [5, 5.41) is 2.73. The Morgan fingerprint density at radius 2 is 1.70 bits per heavy atom. The molecule has 0 aliphatic rings. The lowest BCUT2D eigenvalue weighted by Gasteiger charge is -2.08. The normalized spacial score (nSPS) is 9.96. The fourth-order valence-electron chi connectivity index (χ4n) is 1.83. The maximum absolute atomic E-state index is 11.8. The van der Waals surface area contributed by atoms with Gasteiger partial charge in [0.25, 0.3) is 5.91 Å². The summed E-state index contributed by atoms with van der Waals surface area (Å²) < 4.78 is 10.4. The molecule has 0 spiro atoms. The van der Waals surface area contributed by atoms with Crippen LogP contribution in [0.3, 0.4) is 0 Å². The van der Waals surface area contributed by atoms with E-state index in [9.17, 15) is 9.59 Å². The number of nitrogens with one attached hydrogen (secondary N) is 1. The highest BCUT2D eigenvalue weighted by molar-refractivity contribution is 5.92. The van der Waals surface area contributed by atoms with Gasteiger partial charge in [0.2, 0.25) is 0 Å². The zero-order valence-corrected chi connectivity index (χ0v) is 13.0. The number of para-hydroxylation sites is 1. The number of anilines is 1. The molecule has 5 nitrogen and oxygen atoms in total. The number of ether oxygens (including phenoxy) is 2. The minimum Gasteiger partial charge on any atom is -0.484 e. The van der Waals surface area contributed by atoms with Gasteiger partial charge in [0, 0.05) is 5.69 Å². The number of amides is 1. The fourth-order valence-corrected chi connectivity index (χ4v) is 1.83. The molecule has 0 aliphatic heterocycles. The van der Waals surface area contributed by atoms with Gasteiger partial charge in [-0.05, 0) is 42.8 Å². The number of hydrogen-bond acceptors (Lipinski definition) is 4. The van der Waals surface area contributed by atoms with E-state index in [1.807, 2.05) is 25.1 Å². The molecule has 0 bridgehead atoms. The minimum atomic E-state index is -0.361. The van der Waals surface area contributed by atoms with Crippen LogP contribution in [0.1, 0.15) is 23.7 Å². The summed E-state index contributed by atoms with van der Waals surface area (Å²) in [7, 11) is 0. The first-order valence-electron chi connectivity index (χ1n) is 7.44. The molecule has 120 valence electrons. The van der Waals surface area contributed by atoms with Crippen LogP contribution >= 0.6 is 0 Å². The third kappa shape index (κ3) is 5.47. The Kier molecular flexibility index (Phi) is 6.17. The molecule has 1 N–H and O–H groups in total. The third-order valence-electron chi connectivity index (χ3n) is 2.95. The summed E-state index contributed by atoms with van der Waals surface area (Å²) in [5.41, 5.74) is 1.18. The first kappa shape index (κ1) is 16.5. The summed E-state index contributed by atoms with van der Waals surface area (Å²) in [6.07, 6.45) is 0.781. The Morgan fingerprint density at radius 3 is 2.35 bits per heavy atom. The first-order chi connectivity index (χ1) is 11.2. The van der Waals surface area contributed by atoms with Crippen molar-refractivity contribution < 1.29 is 19.1 Å². The zero-order chi connectivity index (χ0) is 16.5. The molecule has 0 saturated carbocycles. The molecule has 0 unspecified atom stereocenters.